The van der Waals surface area contributed by atoms with E-state index in [1.165, 1.54) is 0 Å². The van der Waals surface area contributed by atoms with Crippen LogP contribution in [0.25, 0.3) is 11.0 Å². The number of hydrogen-bond acceptors (Lipinski definition) is 4. The molecule has 6 heteroatoms. The van der Waals surface area contributed by atoms with Crippen LogP contribution < -0.4 is 11.1 Å². The minimum absolute atomic E-state index is 0.422. The van der Waals surface area contributed by atoms with Gasteiger partial charge in [-0.05, 0) is 45.8 Å². The summed E-state index contributed by atoms with van der Waals surface area (Å²) in [6.45, 7) is 0.621. The maximum atomic E-state index is 11.1. The third-order valence-corrected chi connectivity index (χ3v) is 3.70. The number of nitrogens with two attached hydrogens (primary N) is 1. The number of carbonyl (C=O) groups excluding carboxylic acids is 1. The molecule has 22 heavy (non-hydrogen) atoms. The van der Waals surface area contributed by atoms with Crippen molar-refractivity contribution < 1.29 is 4.79 Å². The molecule has 1 aromatic carbocycles. The molecule has 0 saturated heterocycles. The van der Waals surface area contributed by atoms with E-state index in [4.69, 9.17) is 5.73 Å². The van der Waals surface area contributed by atoms with Gasteiger partial charge in [0, 0.05) is 29.0 Å². The van der Waals surface area contributed by atoms with Crippen LogP contribution in [-0.2, 0) is 6.54 Å². The number of primary amides is 1. The summed E-state index contributed by atoms with van der Waals surface area (Å²) in [5.74, 6) is -0.422. The van der Waals surface area contributed by atoms with Crippen molar-refractivity contribution in [2.75, 3.05) is 5.32 Å². The molecule has 0 radical (unpaired) electrons. The number of nitrogens with one attached hydrogen (secondary N) is 1. The van der Waals surface area contributed by atoms with Crippen LogP contribution in [0.4, 0.5) is 5.69 Å². The molecule has 1 amide bonds. The van der Waals surface area contributed by atoms with E-state index >= 15 is 0 Å². The summed E-state index contributed by atoms with van der Waals surface area (Å²) < 4.78 is 0.895. The van der Waals surface area contributed by atoms with Gasteiger partial charge in [0.1, 0.15) is 5.52 Å². The summed E-state index contributed by atoms with van der Waals surface area (Å²) >= 11 is 3.39. The van der Waals surface area contributed by atoms with E-state index in [0.29, 0.717) is 12.1 Å². The van der Waals surface area contributed by atoms with E-state index in [9.17, 15) is 4.79 Å². The van der Waals surface area contributed by atoms with Gasteiger partial charge >= 0.3 is 0 Å². The largest absolute Gasteiger partial charge is 0.379 e. The smallest absolute Gasteiger partial charge is 0.248 e. The van der Waals surface area contributed by atoms with Crippen molar-refractivity contribution in [2.24, 2.45) is 5.73 Å². The SMILES string of the molecule is NC(=O)c1ccc(CNc2ccnc3cc(Br)cnc23)cc1. The first-order chi connectivity index (χ1) is 10.6. The van der Waals surface area contributed by atoms with Crippen LogP contribution in [0.3, 0.4) is 0 Å². The van der Waals surface area contributed by atoms with Crippen molar-refractivity contribution in [1.82, 2.24) is 9.97 Å². The average molecular weight is 357 g/mol. The topological polar surface area (TPSA) is 80.9 Å². The maximum Gasteiger partial charge on any atom is 0.248 e. The highest BCUT2D eigenvalue weighted by Crippen LogP contribution is 2.22. The van der Waals surface area contributed by atoms with Gasteiger partial charge in [-0.15, -0.1) is 0 Å². The third-order valence-electron chi connectivity index (χ3n) is 3.27. The highest BCUT2D eigenvalue weighted by atomic mass is 79.9. The molecule has 5 nitrogen and oxygen atoms in total. The molecule has 0 unspecified atom stereocenters. The number of aromatic nitrogens is 2. The Hall–Kier alpha value is -2.47. The Morgan fingerprint density at radius 2 is 1.95 bits per heavy atom. The molecular formula is C16H13BrN4O. The lowest BCUT2D eigenvalue weighted by atomic mass is 10.1. The molecule has 2 heterocycles. The second-order valence-corrected chi connectivity index (χ2v) is 5.71. The molecular weight excluding hydrogens is 344 g/mol. The number of carbonyl (C=O) groups is 1. The predicted octanol–water partition coefficient (Wildman–Crippen LogP) is 3.10. The second kappa shape index (κ2) is 6.11. The molecule has 2 aromatic heterocycles. The molecule has 3 N–H and O–H groups in total. The number of amides is 1. The van der Waals surface area contributed by atoms with E-state index in [0.717, 1.165) is 26.8 Å². The molecule has 0 bridgehead atoms. The van der Waals surface area contributed by atoms with Crippen LogP contribution in [0.5, 0.6) is 0 Å². The van der Waals surface area contributed by atoms with Crippen LogP contribution >= 0.6 is 15.9 Å². The molecule has 0 aliphatic carbocycles. The van der Waals surface area contributed by atoms with Gasteiger partial charge in [-0.2, -0.15) is 0 Å². The van der Waals surface area contributed by atoms with Gasteiger partial charge in [-0.3, -0.25) is 14.8 Å². The third kappa shape index (κ3) is 3.07. The minimum atomic E-state index is -0.422. The first kappa shape index (κ1) is 14.5. The van der Waals surface area contributed by atoms with Crippen molar-refractivity contribution in [3.63, 3.8) is 0 Å². The molecule has 110 valence electrons. The number of benzene rings is 1. The summed E-state index contributed by atoms with van der Waals surface area (Å²) in [6.07, 6.45) is 3.49. The fourth-order valence-electron chi connectivity index (χ4n) is 2.13. The Labute approximate surface area is 135 Å². The monoisotopic (exact) mass is 356 g/mol. The summed E-state index contributed by atoms with van der Waals surface area (Å²) in [4.78, 5) is 19.8. The van der Waals surface area contributed by atoms with Crippen LogP contribution in [-0.4, -0.2) is 15.9 Å². The number of fused-ring (bicyclic) bond motifs is 1. The summed E-state index contributed by atoms with van der Waals surface area (Å²) in [5, 5.41) is 3.34. The van der Waals surface area contributed by atoms with Crippen LogP contribution in [0.1, 0.15) is 15.9 Å². The van der Waals surface area contributed by atoms with Gasteiger partial charge in [0.25, 0.3) is 0 Å². The summed E-state index contributed by atoms with van der Waals surface area (Å²) in [6, 6.07) is 11.0. The van der Waals surface area contributed by atoms with Crippen molar-refractivity contribution in [1.29, 1.82) is 0 Å². The number of rotatable bonds is 4. The fourth-order valence-corrected chi connectivity index (χ4v) is 2.45. The first-order valence-corrected chi connectivity index (χ1v) is 7.45. The van der Waals surface area contributed by atoms with Crippen LogP contribution in [0, 0.1) is 0 Å². The molecule has 3 rings (SSSR count). The number of nitrogens with zero attached hydrogens (tertiary/aromatic N) is 2. The lowest BCUT2D eigenvalue weighted by Gasteiger charge is -2.09. The molecule has 0 saturated carbocycles. The number of anilines is 1. The molecule has 0 spiro atoms. The fraction of sp³-hybridized carbons (Fsp3) is 0.0625. The van der Waals surface area contributed by atoms with Crippen LogP contribution in [0.15, 0.2) is 53.3 Å². The van der Waals surface area contributed by atoms with Crippen molar-refractivity contribution in [3.8, 4) is 0 Å². The van der Waals surface area contributed by atoms with Gasteiger partial charge in [0.2, 0.25) is 5.91 Å². The van der Waals surface area contributed by atoms with Crippen molar-refractivity contribution in [2.45, 2.75) is 6.54 Å². The molecule has 0 aliphatic heterocycles. The Bertz CT molecular complexity index is 833. The highest BCUT2D eigenvalue weighted by Gasteiger charge is 2.04. The zero-order chi connectivity index (χ0) is 15.5. The lowest BCUT2D eigenvalue weighted by molar-refractivity contribution is 0.100. The van der Waals surface area contributed by atoms with Crippen molar-refractivity contribution in [3.05, 3.63) is 64.4 Å². The summed E-state index contributed by atoms with van der Waals surface area (Å²) in [5.41, 5.74) is 9.34. The van der Waals surface area contributed by atoms with Crippen molar-refractivity contribution >= 4 is 38.6 Å². The van der Waals surface area contributed by atoms with E-state index in [-0.39, 0.29) is 0 Å². The standard InChI is InChI=1S/C16H13BrN4O/c17-12-7-14-15(21-9-12)13(5-6-19-14)20-8-10-1-3-11(4-2-10)16(18)22/h1-7,9H,8H2,(H2,18,22)(H,19,20). The first-order valence-electron chi connectivity index (χ1n) is 6.66. The lowest BCUT2D eigenvalue weighted by Crippen LogP contribution is -2.10. The summed E-state index contributed by atoms with van der Waals surface area (Å²) in [7, 11) is 0. The normalized spacial score (nSPS) is 10.6. The maximum absolute atomic E-state index is 11.1. The Kier molecular flexibility index (Phi) is 4.02. The zero-order valence-electron chi connectivity index (χ0n) is 11.6. The Morgan fingerprint density at radius 1 is 1.18 bits per heavy atom. The van der Waals surface area contributed by atoms with Gasteiger partial charge in [-0.1, -0.05) is 12.1 Å². The van der Waals surface area contributed by atoms with Crippen LogP contribution in [0.2, 0.25) is 0 Å². The van der Waals surface area contributed by atoms with E-state index in [1.54, 1.807) is 24.5 Å². The van der Waals surface area contributed by atoms with Gasteiger partial charge in [0.15, 0.2) is 0 Å². The predicted molar refractivity (Wildman–Crippen MR) is 89.5 cm³/mol. The number of pyridine rings is 2. The quantitative estimate of drug-likeness (QED) is 0.752. The second-order valence-electron chi connectivity index (χ2n) is 4.79. The van der Waals surface area contributed by atoms with E-state index in [2.05, 4.69) is 31.2 Å². The van der Waals surface area contributed by atoms with Gasteiger partial charge in [-0.25, -0.2) is 0 Å². The molecule has 0 fully saturated rings. The Morgan fingerprint density at radius 3 is 2.68 bits per heavy atom. The zero-order valence-corrected chi connectivity index (χ0v) is 13.2. The number of hydrogen-bond donors (Lipinski definition) is 2. The average Bonchev–Trinajstić information content (AvgIpc) is 2.52. The molecule has 3 aromatic rings. The van der Waals surface area contributed by atoms with E-state index < -0.39 is 5.91 Å². The minimum Gasteiger partial charge on any atom is -0.379 e. The van der Waals surface area contributed by atoms with E-state index in [1.807, 2.05) is 24.3 Å². The van der Waals surface area contributed by atoms with Gasteiger partial charge in [0.05, 0.1) is 11.2 Å². The Balaban J connectivity index is 1.80. The number of halogens is 1. The highest BCUT2D eigenvalue weighted by molar-refractivity contribution is 9.10. The molecule has 0 atom stereocenters. The molecule has 0 aliphatic rings. The van der Waals surface area contributed by atoms with Gasteiger partial charge < -0.3 is 11.1 Å².